The van der Waals surface area contributed by atoms with E-state index in [4.69, 9.17) is 16.3 Å². The van der Waals surface area contributed by atoms with E-state index in [-0.39, 0.29) is 6.03 Å². The fourth-order valence-corrected chi connectivity index (χ4v) is 1.13. The van der Waals surface area contributed by atoms with Crippen LogP contribution >= 0.6 is 11.6 Å². The van der Waals surface area contributed by atoms with Gasteiger partial charge in [0.15, 0.2) is 6.23 Å². The lowest BCUT2D eigenvalue weighted by Crippen LogP contribution is -2.41. The first-order valence-corrected chi connectivity index (χ1v) is 4.90. The van der Waals surface area contributed by atoms with Crippen molar-refractivity contribution in [2.45, 2.75) is 13.2 Å². The van der Waals surface area contributed by atoms with Gasteiger partial charge in [0.05, 0.1) is 0 Å². The predicted molar refractivity (Wildman–Crippen MR) is 59.1 cm³/mol. The van der Waals surface area contributed by atoms with Crippen LogP contribution in [0.15, 0.2) is 24.3 Å². The Morgan fingerprint density at radius 1 is 1.40 bits per heavy atom. The van der Waals surface area contributed by atoms with Crippen LogP contribution in [0.2, 0.25) is 5.02 Å². The Bertz CT molecular complexity index is 327. The number of hydrogen-bond acceptors (Lipinski definition) is 2. The van der Waals surface area contributed by atoms with Crippen LogP contribution in [0.4, 0.5) is 4.79 Å². The van der Waals surface area contributed by atoms with Crippen molar-refractivity contribution in [2.24, 2.45) is 0 Å². The van der Waals surface area contributed by atoms with E-state index < -0.39 is 6.23 Å². The molecule has 1 rings (SSSR count). The second-order valence-electron chi connectivity index (χ2n) is 2.94. The molecule has 82 valence electrons. The third kappa shape index (κ3) is 4.08. The predicted octanol–water partition coefficient (Wildman–Crippen LogP) is 1.99. The lowest BCUT2D eigenvalue weighted by molar-refractivity contribution is 0.178. The van der Waals surface area contributed by atoms with Gasteiger partial charge in [0.25, 0.3) is 0 Å². The van der Waals surface area contributed by atoms with E-state index in [0.29, 0.717) is 10.8 Å². The quantitative estimate of drug-likeness (QED) is 0.778. The molecule has 0 spiro atoms. The van der Waals surface area contributed by atoms with E-state index in [2.05, 4.69) is 10.6 Å². The van der Waals surface area contributed by atoms with Crippen LogP contribution in [-0.2, 0) is 0 Å². The molecule has 5 heteroatoms. The summed E-state index contributed by atoms with van der Waals surface area (Å²) in [6.07, 6.45) is -0.397. The number of ether oxygens (including phenoxy) is 1. The van der Waals surface area contributed by atoms with Crippen molar-refractivity contribution < 1.29 is 9.53 Å². The highest BCUT2D eigenvalue weighted by molar-refractivity contribution is 6.30. The first-order chi connectivity index (χ1) is 7.11. The van der Waals surface area contributed by atoms with Crippen LogP contribution < -0.4 is 15.4 Å². The lowest BCUT2D eigenvalue weighted by atomic mass is 10.3. The number of halogens is 1. The molecule has 0 aliphatic rings. The molecule has 0 radical (unpaired) electrons. The SMILES string of the molecule is CNC(=O)NC(C)Oc1ccc(Cl)cc1. The minimum Gasteiger partial charge on any atom is -0.471 e. The molecule has 2 amide bonds. The van der Waals surface area contributed by atoms with Crippen LogP contribution in [0.1, 0.15) is 6.92 Å². The highest BCUT2D eigenvalue weighted by Crippen LogP contribution is 2.16. The highest BCUT2D eigenvalue weighted by Gasteiger charge is 2.05. The van der Waals surface area contributed by atoms with E-state index in [1.54, 1.807) is 38.2 Å². The Morgan fingerprint density at radius 3 is 2.53 bits per heavy atom. The first kappa shape index (κ1) is 11.7. The zero-order valence-corrected chi connectivity index (χ0v) is 9.34. The average Bonchev–Trinajstić information content (AvgIpc) is 2.21. The summed E-state index contributed by atoms with van der Waals surface area (Å²) in [5.41, 5.74) is 0. The van der Waals surface area contributed by atoms with Gasteiger partial charge < -0.3 is 15.4 Å². The summed E-state index contributed by atoms with van der Waals surface area (Å²) < 4.78 is 5.41. The number of hydrogen-bond donors (Lipinski definition) is 2. The lowest BCUT2D eigenvalue weighted by Gasteiger charge is -2.15. The normalized spacial score (nSPS) is 11.7. The van der Waals surface area contributed by atoms with Crippen LogP contribution in [0.5, 0.6) is 5.75 Å². The van der Waals surface area contributed by atoms with Gasteiger partial charge in [-0.25, -0.2) is 4.79 Å². The van der Waals surface area contributed by atoms with Gasteiger partial charge in [0.2, 0.25) is 0 Å². The van der Waals surface area contributed by atoms with Crippen molar-refractivity contribution in [2.75, 3.05) is 7.05 Å². The minimum atomic E-state index is -0.397. The largest absolute Gasteiger partial charge is 0.471 e. The van der Waals surface area contributed by atoms with Crippen LogP contribution in [0.25, 0.3) is 0 Å². The summed E-state index contributed by atoms with van der Waals surface area (Å²) in [5.74, 6) is 0.656. The summed E-state index contributed by atoms with van der Waals surface area (Å²) in [6, 6.07) is 6.65. The molecule has 0 heterocycles. The molecule has 15 heavy (non-hydrogen) atoms. The van der Waals surface area contributed by atoms with Crippen molar-refractivity contribution in [1.82, 2.24) is 10.6 Å². The van der Waals surface area contributed by atoms with Crippen molar-refractivity contribution in [3.05, 3.63) is 29.3 Å². The topological polar surface area (TPSA) is 50.4 Å². The summed E-state index contributed by atoms with van der Waals surface area (Å²) in [4.78, 5) is 10.9. The number of carbonyl (C=O) groups excluding carboxylic acids is 1. The number of urea groups is 1. The second kappa shape index (κ2) is 5.46. The Hall–Kier alpha value is -1.42. The maximum atomic E-state index is 10.9. The van der Waals surface area contributed by atoms with Crippen molar-refractivity contribution in [1.29, 1.82) is 0 Å². The molecule has 0 fully saturated rings. The van der Waals surface area contributed by atoms with Crippen molar-refractivity contribution >= 4 is 17.6 Å². The Morgan fingerprint density at radius 2 is 2.00 bits per heavy atom. The average molecular weight is 229 g/mol. The van der Waals surface area contributed by atoms with Gasteiger partial charge in [-0.3, -0.25) is 0 Å². The molecule has 1 atom stereocenters. The number of rotatable bonds is 3. The molecule has 1 aromatic rings. The van der Waals surface area contributed by atoms with E-state index in [0.717, 1.165) is 0 Å². The summed E-state index contributed by atoms with van der Waals surface area (Å²) in [7, 11) is 1.55. The van der Waals surface area contributed by atoms with E-state index >= 15 is 0 Å². The van der Waals surface area contributed by atoms with E-state index in [1.807, 2.05) is 0 Å². The zero-order valence-electron chi connectivity index (χ0n) is 8.58. The van der Waals surface area contributed by atoms with E-state index in [9.17, 15) is 4.79 Å². The molecular formula is C10H13ClN2O2. The van der Waals surface area contributed by atoms with Crippen molar-refractivity contribution in [3.63, 3.8) is 0 Å². The summed E-state index contributed by atoms with van der Waals surface area (Å²) >= 11 is 5.72. The van der Waals surface area contributed by atoms with E-state index in [1.165, 1.54) is 0 Å². The number of carbonyl (C=O) groups is 1. The summed E-state index contributed by atoms with van der Waals surface area (Å²) in [6.45, 7) is 1.74. The van der Waals surface area contributed by atoms with Gasteiger partial charge in [0.1, 0.15) is 5.75 Å². The second-order valence-corrected chi connectivity index (χ2v) is 3.37. The van der Waals surface area contributed by atoms with Crippen molar-refractivity contribution in [3.8, 4) is 5.75 Å². The molecule has 2 N–H and O–H groups in total. The van der Waals surface area contributed by atoms with Crippen LogP contribution in [0.3, 0.4) is 0 Å². The fraction of sp³-hybridized carbons (Fsp3) is 0.300. The molecule has 0 saturated heterocycles. The number of benzene rings is 1. The molecule has 0 saturated carbocycles. The molecule has 0 aromatic heterocycles. The molecule has 0 aliphatic carbocycles. The highest BCUT2D eigenvalue weighted by atomic mass is 35.5. The molecule has 4 nitrogen and oxygen atoms in total. The van der Waals surface area contributed by atoms with Gasteiger partial charge in [-0.05, 0) is 31.2 Å². The van der Waals surface area contributed by atoms with Gasteiger partial charge in [-0.2, -0.15) is 0 Å². The van der Waals surface area contributed by atoms with Gasteiger partial charge in [-0.1, -0.05) is 11.6 Å². The maximum absolute atomic E-state index is 10.9. The molecule has 1 unspecified atom stereocenters. The third-order valence-electron chi connectivity index (χ3n) is 1.69. The van der Waals surface area contributed by atoms with Crippen LogP contribution in [0, 0.1) is 0 Å². The molecule has 0 aliphatic heterocycles. The Balaban J connectivity index is 2.47. The zero-order chi connectivity index (χ0) is 11.3. The Labute approximate surface area is 93.6 Å². The monoisotopic (exact) mass is 228 g/mol. The number of amides is 2. The maximum Gasteiger partial charge on any atom is 0.317 e. The van der Waals surface area contributed by atoms with Gasteiger partial charge >= 0.3 is 6.03 Å². The van der Waals surface area contributed by atoms with Gasteiger partial charge in [-0.15, -0.1) is 0 Å². The molecule has 0 bridgehead atoms. The smallest absolute Gasteiger partial charge is 0.317 e. The third-order valence-corrected chi connectivity index (χ3v) is 1.94. The molecule has 1 aromatic carbocycles. The van der Waals surface area contributed by atoms with Crippen LogP contribution in [-0.4, -0.2) is 19.3 Å². The first-order valence-electron chi connectivity index (χ1n) is 4.52. The standard InChI is InChI=1S/C10H13ClN2O2/c1-7(13-10(14)12-2)15-9-5-3-8(11)4-6-9/h3-7H,1-2H3,(H2,12,13,14). The molecular weight excluding hydrogens is 216 g/mol. The fourth-order valence-electron chi connectivity index (χ4n) is 1.00. The summed E-state index contributed by atoms with van der Waals surface area (Å²) in [5, 5.41) is 5.67. The Kier molecular flexibility index (Phi) is 4.24. The van der Waals surface area contributed by atoms with Gasteiger partial charge in [0, 0.05) is 12.1 Å². The minimum absolute atomic E-state index is 0.281. The number of nitrogens with one attached hydrogen (secondary N) is 2.